The molecule has 5 nitrogen and oxygen atoms in total. The number of rotatable bonds is 6. The first-order valence-corrected chi connectivity index (χ1v) is 8.78. The molecule has 24 heavy (non-hydrogen) atoms. The Hall–Kier alpha value is -2.14. The molecule has 1 aromatic carbocycles. The minimum Gasteiger partial charge on any atom is -0.360 e. The summed E-state index contributed by atoms with van der Waals surface area (Å²) in [4.78, 5) is 15.0. The van der Waals surface area contributed by atoms with E-state index in [0.717, 1.165) is 18.5 Å². The van der Waals surface area contributed by atoms with Crippen LogP contribution in [0.5, 0.6) is 0 Å². The second kappa shape index (κ2) is 8.11. The van der Waals surface area contributed by atoms with Crippen molar-refractivity contribution in [2.45, 2.75) is 32.6 Å². The zero-order valence-electron chi connectivity index (χ0n) is 14.3. The molecule has 128 valence electrons. The molecule has 0 aliphatic carbocycles. The van der Waals surface area contributed by atoms with Crippen LogP contribution in [0, 0.1) is 6.92 Å². The van der Waals surface area contributed by atoms with E-state index in [1.54, 1.807) is 6.92 Å². The molecule has 0 spiro atoms. The van der Waals surface area contributed by atoms with Gasteiger partial charge in [0.05, 0.1) is 0 Å². The Kier molecular flexibility index (Phi) is 5.64. The second-order valence-corrected chi connectivity index (χ2v) is 6.34. The number of piperidine rings is 1. The maximum absolute atomic E-state index is 12.5. The summed E-state index contributed by atoms with van der Waals surface area (Å²) in [6.45, 7) is 5.89. The summed E-state index contributed by atoms with van der Waals surface area (Å²) >= 11 is 0. The van der Waals surface area contributed by atoms with Crippen molar-refractivity contribution < 1.29 is 9.32 Å². The minimum absolute atomic E-state index is 0.105. The van der Waals surface area contributed by atoms with Gasteiger partial charge in [0, 0.05) is 12.1 Å². The second-order valence-electron chi connectivity index (χ2n) is 6.34. The SMILES string of the molecule is Cc1onc(-c2ccccc2)c1C(=O)NCCCN1CCCCC1. The van der Waals surface area contributed by atoms with Gasteiger partial charge < -0.3 is 14.7 Å². The van der Waals surface area contributed by atoms with Gasteiger partial charge >= 0.3 is 0 Å². The van der Waals surface area contributed by atoms with Crippen LogP contribution in [0.15, 0.2) is 34.9 Å². The van der Waals surface area contributed by atoms with Crippen molar-refractivity contribution in [2.24, 2.45) is 0 Å². The molecule has 0 saturated carbocycles. The smallest absolute Gasteiger partial charge is 0.257 e. The van der Waals surface area contributed by atoms with Crippen molar-refractivity contribution in [1.82, 2.24) is 15.4 Å². The minimum atomic E-state index is -0.105. The molecule has 2 heterocycles. The Bertz CT molecular complexity index is 661. The summed E-state index contributed by atoms with van der Waals surface area (Å²) in [5.41, 5.74) is 2.05. The van der Waals surface area contributed by atoms with Crippen LogP contribution in [-0.4, -0.2) is 42.1 Å². The molecule has 1 aliphatic heterocycles. The number of amides is 1. The third-order valence-corrected chi connectivity index (χ3v) is 4.52. The lowest BCUT2D eigenvalue weighted by atomic mass is 10.1. The van der Waals surface area contributed by atoms with Crippen molar-refractivity contribution in [2.75, 3.05) is 26.2 Å². The van der Waals surface area contributed by atoms with Crippen LogP contribution in [0.1, 0.15) is 41.8 Å². The molecule has 1 N–H and O–H groups in total. The van der Waals surface area contributed by atoms with E-state index in [1.165, 1.54) is 32.4 Å². The van der Waals surface area contributed by atoms with Gasteiger partial charge in [-0.1, -0.05) is 41.9 Å². The molecule has 1 saturated heterocycles. The Morgan fingerprint density at radius 1 is 1.21 bits per heavy atom. The average molecular weight is 327 g/mol. The molecular formula is C19H25N3O2. The zero-order valence-corrected chi connectivity index (χ0v) is 14.3. The Morgan fingerprint density at radius 2 is 1.96 bits per heavy atom. The molecule has 5 heteroatoms. The van der Waals surface area contributed by atoms with E-state index >= 15 is 0 Å². The van der Waals surface area contributed by atoms with Crippen LogP contribution >= 0.6 is 0 Å². The zero-order chi connectivity index (χ0) is 16.8. The van der Waals surface area contributed by atoms with E-state index in [9.17, 15) is 4.79 Å². The fourth-order valence-electron chi connectivity index (χ4n) is 3.21. The maximum Gasteiger partial charge on any atom is 0.257 e. The third kappa shape index (κ3) is 4.03. The fraction of sp³-hybridized carbons (Fsp3) is 0.474. The van der Waals surface area contributed by atoms with Gasteiger partial charge in [0.1, 0.15) is 17.0 Å². The monoisotopic (exact) mass is 327 g/mol. The number of hydrogen-bond donors (Lipinski definition) is 1. The first kappa shape index (κ1) is 16.7. The standard InChI is InChI=1S/C19H25N3O2/c1-15-17(18(21-24-15)16-9-4-2-5-10-16)19(23)20-11-8-14-22-12-6-3-7-13-22/h2,4-5,9-10H,3,6-8,11-14H2,1H3,(H,20,23). The third-order valence-electron chi connectivity index (χ3n) is 4.52. The number of nitrogens with one attached hydrogen (secondary N) is 1. The van der Waals surface area contributed by atoms with Gasteiger partial charge in [0.15, 0.2) is 0 Å². The van der Waals surface area contributed by atoms with E-state index in [0.29, 0.717) is 23.6 Å². The summed E-state index contributed by atoms with van der Waals surface area (Å²) in [7, 11) is 0. The predicted octanol–water partition coefficient (Wildman–Crippen LogP) is 3.26. The highest BCUT2D eigenvalue weighted by atomic mass is 16.5. The molecule has 0 bridgehead atoms. The molecule has 0 radical (unpaired) electrons. The molecule has 0 atom stereocenters. The lowest BCUT2D eigenvalue weighted by molar-refractivity contribution is 0.0950. The summed E-state index contributed by atoms with van der Waals surface area (Å²) in [6.07, 6.45) is 4.92. The van der Waals surface area contributed by atoms with Crippen molar-refractivity contribution in [3.05, 3.63) is 41.7 Å². The number of carbonyl (C=O) groups is 1. The van der Waals surface area contributed by atoms with E-state index in [2.05, 4.69) is 15.4 Å². The Morgan fingerprint density at radius 3 is 2.71 bits per heavy atom. The molecule has 1 aromatic heterocycles. The number of likely N-dealkylation sites (tertiary alicyclic amines) is 1. The predicted molar refractivity (Wildman–Crippen MR) is 93.9 cm³/mol. The lowest BCUT2D eigenvalue weighted by Gasteiger charge is -2.26. The largest absolute Gasteiger partial charge is 0.360 e. The van der Waals surface area contributed by atoms with Gasteiger partial charge in [-0.3, -0.25) is 4.79 Å². The quantitative estimate of drug-likeness (QED) is 0.828. The Balaban J connectivity index is 1.56. The molecule has 0 unspecified atom stereocenters. The number of aromatic nitrogens is 1. The lowest BCUT2D eigenvalue weighted by Crippen LogP contribution is -2.33. The topological polar surface area (TPSA) is 58.4 Å². The molecular weight excluding hydrogens is 302 g/mol. The maximum atomic E-state index is 12.5. The van der Waals surface area contributed by atoms with Crippen molar-refractivity contribution >= 4 is 5.91 Å². The number of nitrogens with zero attached hydrogens (tertiary/aromatic N) is 2. The summed E-state index contributed by atoms with van der Waals surface area (Å²) in [5.74, 6) is 0.452. The number of carbonyl (C=O) groups excluding carboxylic acids is 1. The highest BCUT2D eigenvalue weighted by Gasteiger charge is 2.21. The van der Waals surface area contributed by atoms with Crippen LogP contribution in [0.4, 0.5) is 0 Å². The average Bonchev–Trinajstić information content (AvgIpc) is 3.02. The molecule has 3 rings (SSSR count). The van der Waals surface area contributed by atoms with Crippen molar-refractivity contribution in [3.8, 4) is 11.3 Å². The van der Waals surface area contributed by atoms with Gasteiger partial charge in [0.2, 0.25) is 0 Å². The highest BCUT2D eigenvalue weighted by Crippen LogP contribution is 2.24. The van der Waals surface area contributed by atoms with Crippen molar-refractivity contribution in [1.29, 1.82) is 0 Å². The molecule has 1 aliphatic rings. The number of benzene rings is 1. The van der Waals surface area contributed by atoms with Crippen LogP contribution in [0.2, 0.25) is 0 Å². The first-order chi connectivity index (χ1) is 11.8. The van der Waals surface area contributed by atoms with Crippen molar-refractivity contribution in [3.63, 3.8) is 0 Å². The van der Waals surface area contributed by atoms with Gasteiger partial charge in [0.25, 0.3) is 5.91 Å². The van der Waals surface area contributed by atoms with E-state index in [4.69, 9.17) is 4.52 Å². The number of aryl methyl sites for hydroxylation is 1. The van der Waals surface area contributed by atoms with Crippen LogP contribution in [-0.2, 0) is 0 Å². The number of hydrogen-bond acceptors (Lipinski definition) is 4. The first-order valence-electron chi connectivity index (χ1n) is 8.78. The highest BCUT2D eigenvalue weighted by molar-refractivity contribution is 6.00. The van der Waals surface area contributed by atoms with Gasteiger partial charge in [-0.2, -0.15) is 0 Å². The Labute approximate surface area is 143 Å². The molecule has 1 fully saturated rings. The summed E-state index contributed by atoms with van der Waals surface area (Å²) in [6, 6.07) is 9.67. The summed E-state index contributed by atoms with van der Waals surface area (Å²) < 4.78 is 5.25. The van der Waals surface area contributed by atoms with Gasteiger partial charge in [-0.05, 0) is 45.8 Å². The normalized spacial score (nSPS) is 15.4. The van der Waals surface area contributed by atoms with Crippen LogP contribution < -0.4 is 5.32 Å². The molecule has 1 amide bonds. The van der Waals surface area contributed by atoms with Gasteiger partial charge in [-0.15, -0.1) is 0 Å². The van der Waals surface area contributed by atoms with Crippen LogP contribution in [0.3, 0.4) is 0 Å². The molecule has 2 aromatic rings. The van der Waals surface area contributed by atoms with Crippen LogP contribution in [0.25, 0.3) is 11.3 Å². The van der Waals surface area contributed by atoms with E-state index < -0.39 is 0 Å². The van der Waals surface area contributed by atoms with Gasteiger partial charge in [-0.25, -0.2) is 0 Å². The van der Waals surface area contributed by atoms with E-state index in [1.807, 2.05) is 30.3 Å². The van der Waals surface area contributed by atoms with E-state index in [-0.39, 0.29) is 5.91 Å². The summed E-state index contributed by atoms with van der Waals surface area (Å²) in [5, 5.41) is 7.07. The fourth-order valence-corrected chi connectivity index (χ4v) is 3.21.